The molecular formula is C21H23N5O. The number of amides is 1. The van der Waals surface area contributed by atoms with Crippen molar-refractivity contribution in [1.82, 2.24) is 14.3 Å². The Kier molecular flexibility index (Phi) is 7.41. The highest BCUT2D eigenvalue weighted by Crippen LogP contribution is 2.07. The van der Waals surface area contributed by atoms with Gasteiger partial charge in [0.25, 0.3) is 0 Å². The van der Waals surface area contributed by atoms with Gasteiger partial charge in [-0.3, -0.25) is 4.79 Å². The van der Waals surface area contributed by atoms with Crippen LogP contribution in [0, 0.1) is 0 Å². The Balaban J connectivity index is 0.000000163. The lowest BCUT2D eigenvalue weighted by molar-refractivity contribution is -0.115. The molecule has 0 fully saturated rings. The van der Waals surface area contributed by atoms with E-state index in [0.29, 0.717) is 5.69 Å². The molecule has 0 bridgehead atoms. The van der Waals surface area contributed by atoms with Crippen molar-refractivity contribution in [2.24, 2.45) is 5.73 Å². The lowest BCUT2D eigenvalue weighted by atomic mass is 10.3. The second-order valence-electron chi connectivity index (χ2n) is 5.59. The van der Waals surface area contributed by atoms with Gasteiger partial charge in [-0.15, -0.1) is 0 Å². The fourth-order valence-corrected chi connectivity index (χ4v) is 2.17. The Morgan fingerprint density at radius 1 is 0.852 bits per heavy atom. The largest absolute Gasteiger partial charge is 0.396 e. The van der Waals surface area contributed by atoms with E-state index >= 15 is 0 Å². The zero-order chi connectivity index (χ0) is 19.5. The van der Waals surface area contributed by atoms with Crippen LogP contribution in [0.3, 0.4) is 0 Å². The molecule has 138 valence electrons. The highest BCUT2D eigenvalue weighted by molar-refractivity contribution is 5.70. The van der Waals surface area contributed by atoms with E-state index in [1.165, 1.54) is 12.6 Å². The van der Waals surface area contributed by atoms with Gasteiger partial charge in [-0.25, -0.2) is 4.68 Å². The Hall–Kier alpha value is -3.80. The summed E-state index contributed by atoms with van der Waals surface area (Å²) in [5, 5.41) is 4.08. The second-order valence-corrected chi connectivity index (χ2v) is 5.59. The van der Waals surface area contributed by atoms with E-state index in [2.05, 4.69) is 27.5 Å². The van der Waals surface area contributed by atoms with Crippen molar-refractivity contribution >= 4 is 11.6 Å². The number of aromatic nitrogens is 3. The molecule has 4 rings (SSSR count). The number of hydrogen-bond acceptors (Lipinski definition) is 3. The van der Waals surface area contributed by atoms with Gasteiger partial charge >= 0.3 is 0 Å². The van der Waals surface area contributed by atoms with Gasteiger partial charge in [0.1, 0.15) is 0 Å². The molecule has 4 N–H and O–H groups in total. The monoisotopic (exact) mass is 361 g/mol. The average Bonchev–Trinajstić information content (AvgIpc) is 3.35. The van der Waals surface area contributed by atoms with Gasteiger partial charge in [-0.2, -0.15) is 5.10 Å². The molecule has 6 nitrogen and oxygen atoms in total. The van der Waals surface area contributed by atoms with E-state index in [0.717, 1.165) is 5.69 Å². The molecule has 27 heavy (non-hydrogen) atoms. The van der Waals surface area contributed by atoms with Crippen molar-refractivity contribution in [1.29, 1.82) is 0 Å². The number of carbonyl (C=O) groups excluding carboxylic acids is 1. The quantitative estimate of drug-likeness (QED) is 0.573. The highest BCUT2D eigenvalue weighted by Gasteiger charge is 1.95. The van der Waals surface area contributed by atoms with Crippen molar-refractivity contribution in [3.05, 3.63) is 97.6 Å². The summed E-state index contributed by atoms with van der Waals surface area (Å²) in [5.74, 6) is -0.333. The lowest BCUT2D eigenvalue weighted by Crippen LogP contribution is -2.01. The predicted molar refractivity (Wildman–Crippen MR) is 109 cm³/mol. The summed E-state index contributed by atoms with van der Waals surface area (Å²) >= 11 is 0. The number of nitrogens with zero attached hydrogens (tertiary/aromatic N) is 3. The predicted octanol–water partition coefficient (Wildman–Crippen LogP) is 3.42. The van der Waals surface area contributed by atoms with E-state index < -0.39 is 0 Å². The fraction of sp³-hybridized carbons (Fsp3) is 0.0476. The van der Waals surface area contributed by atoms with Crippen LogP contribution in [-0.4, -0.2) is 20.3 Å². The first-order chi connectivity index (χ1) is 13.1. The van der Waals surface area contributed by atoms with Crippen LogP contribution in [0.25, 0.3) is 11.4 Å². The van der Waals surface area contributed by atoms with Crippen LogP contribution in [0.2, 0.25) is 0 Å². The Bertz CT molecular complexity index is 912. The smallest absolute Gasteiger partial charge is 0.214 e. The van der Waals surface area contributed by atoms with E-state index in [1.54, 1.807) is 17.1 Å². The number of rotatable bonds is 2. The SMILES string of the molecule is CC(N)=O.Nc1cnn(-c2ccccc2)c1.c1ccc(-n2cccc2)cc1. The van der Waals surface area contributed by atoms with Gasteiger partial charge in [-0.1, -0.05) is 36.4 Å². The molecule has 0 aliphatic rings. The molecule has 0 saturated heterocycles. The third-order valence-electron chi connectivity index (χ3n) is 3.28. The maximum atomic E-state index is 9.22. The number of benzene rings is 2. The van der Waals surface area contributed by atoms with E-state index in [-0.39, 0.29) is 5.91 Å². The van der Waals surface area contributed by atoms with Crippen molar-refractivity contribution in [3.63, 3.8) is 0 Å². The van der Waals surface area contributed by atoms with Crippen molar-refractivity contribution in [3.8, 4) is 11.4 Å². The van der Waals surface area contributed by atoms with Crippen LogP contribution in [0.15, 0.2) is 97.6 Å². The minimum Gasteiger partial charge on any atom is -0.396 e. The molecule has 0 unspecified atom stereocenters. The summed E-state index contributed by atoms with van der Waals surface area (Å²) in [6.45, 7) is 1.31. The average molecular weight is 361 g/mol. The Morgan fingerprint density at radius 2 is 1.33 bits per heavy atom. The molecule has 0 aliphatic heterocycles. The second kappa shape index (κ2) is 10.2. The molecule has 2 heterocycles. The number of hydrogen-bond donors (Lipinski definition) is 2. The first kappa shape index (κ1) is 19.5. The van der Waals surface area contributed by atoms with Gasteiger partial charge in [0.05, 0.1) is 23.8 Å². The summed E-state index contributed by atoms with van der Waals surface area (Å²) in [5.41, 5.74) is 12.9. The van der Waals surface area contributed by atoms with E-state index in [4.69, 9.17) is 5.73 Å². The zero-order valence-electron chi connectivity index (χ0n) is 15.1. The normalized spacial score (nSPS) is 9.37. The third kappa shape index (κ3) is 6.91. The molecular weight excluding hydrogens is 338 g/mol. The molecule has 0 saturated carbocycles. The van der Waals surface area contributed by atoms with Gasteiger partial charge < -0.3 is 16.0 Å². The molecule has 0 spiro atoms. The molecule has 1 amide bonds. The van der Waals surface area contributed by atoms with Crippen LogP contribution in [0.5, 0.6) is 0 Å². The summed E-state index contributed by atoms with van der Waals surface area (Å²) in [6.07, 6.45) is 7.49. The molecule has 0 atom stereocenters. The van der Waals surface area contributed by atoms with E-state index in [9.17, 15) is 4.79 Å². The summed E-state index contributed by atoms with van der Waals surface area (Å²) in [7, 11) is 0. The maximum Gasteiger partial charge on any atom is 0.214 e. The fourth-order valence-electron chi connectivity index (χ4n) is 2.17. The van der Waals surface area contributed by atoms with E-state index in [1.807, 2.05) is 73.1 Å². The number of anilines is 1. The first-order valence-electron chi connectivity index (χ1n) is 8.36. The Labute approximate surface area is 158 Å². The minimum atomic E-state index is -0.333. The standard InChI is InChI=1S/C10H9N.C9H9N3.C2H5NO/c1-2-6-10(7-3-1)11-8-4-5-9-11;10-8-6-11-12(7-8)9-4-2-1-3-5-9;1-2(3)4/h1-9H;1-7H,10H2;1H3,(H2,3,4). The molecule has 4 aromatic rings. The molecule has 0 aliphatic carbocycles. The van der Waals surface area contributed by atoms with Crippen LogP contribution < -0.4 is 11.5 Å². The van der Waals surface area contributed by atoms with Crippen molar-refractivity contribution < 1.29 is 4.79 Å². The van der Waals surface area contributed by atoms with Crippen molar-refractivity contribution in [2.75, 3.05) is 5.73 Å². The number of primary amides is 1. The number of para-hydroxylation sites is 2. The van der Waals surface area contributed by atoms with Gasteiger partial charge in [0.15, 0.2) is 0 Å². The van der Waals surface area contributed by atoms with Crippen LogP contribution in [0.4, 0.5) is 5.69 Å². The zero-order valence-corrected chi connectivity index (χ0v) is 15.1. The summed E-state index contributed by atoms with van der Waals surface area (Å²) in [6, 6.07) is 24.2. The number of nitrogens with two attached hydrogens (primary N) is 2. The minimum absolute atomic E-state index is 0.333. The number of carbonyl (C=O) groups is 1. The van der Waals surface area contributed by atoms with Gasteiger partial charge in [0, 0.05) is 25.0 Å². The van der Waals surface area contributed by atoms with Gasteiger partial charge in [0.2, 0.25) is 5.91 Å². The summed E-state index contributed by atoms with van der Waals surface area (Å²) in [4.78, 5) is 9.22. The van der Waals surface area contributed by atoms with Crippen LogP contribution in [0.1, 0.15) is 6.92 Å². The van der Waals surface area contributed by atoms with Crippen LogP contribution >= 0.6 is 0 Å². The molecule has 2 aromatic heterocycles. The first-order valence-corrected chi connectivity index (χ1v) is 8.36. The topological polar surface area (TPSA) is 91.9 Å². The number of nitrogen functional groups attached to an aromatic ring is 1. The molecule has 2 aromatic carbocycles. The lowest BCUT2D eigenvalue weighted by Gasteiger charge is -1.99. The highest BCUT2D eigenvalue weighted by atomic mass is 16.1. The van der Waals surface area contributed by atoms with Crippen molar-refractivity contribution in [2.45, 2.75) is 6.92 Å². The summed E-state index contributed by atoms with van der Waals surface area (Å²) < 4.78 is 3.83. The van der Waals surface area contributed by atoms with Crippen LogP contribution in [-0.2, 0) is 4.79 Å². The third-order valence-corrected chi connectivity index (χ3v) is 3.28. The molecule has 0 radical (unpaired) electrons. The molecule has 6 heteroatoms. The Morgan fingerprint density at radius 3 is 1.78 bits per heavy atom. The van der Waals surface area contributed by atoms with Gasteiger partial charge in [-0.05, 0) is 36.4 Å². The maximum absolute atomic E-state index is 9.22.